The monoisotopic (exact) mass is 295 g/mol. The van der Waals surface area contributed by atoms with Crippen molar-refractivity contribution in [3.05, 3.63) is 29.3 Å². The van der Waals surface area contributed by atoms with E-state index in [1.807, 2.05) is 6.07 Å². The molecule has 1 unspecified atom stereocenters. The number of rotatable bonds is 7. The summed E-state index contributed by atoms with van der Waals surface area (Å²) in [6, 6.07) is 4.65. The molecule has 0 aromatic heterocycles. The Hall–Kier alpha value is -2.08. The number of hydrogen-bond donors (Lipinski definition) is 1. The van der Waals surface area contributed by atoms with E-state index < -0.39 is 12.0 Å². The number of nitrogens with two attached hydrogens (primary N) is 1. The van der Waals surface area contributed by atoms with Crippen LogP contribution in [-0.2, 0) is 32.1 Å². The highest BCUT2D eigenvalue weighted by molar-refractivity contribution is 5.75. The van der Waals surface area contributed by atoms with Gasteiger partial charge in [-0.2, -0.15) is 0 Å². The molecule has 0 saturated heterocycles. The quantitative estimate of drug-likeness (QED) is 0.760. The maximum atomic E-state index is 11.5. The standard InChI is InChI=1S/C15H21NO5/c1-4-20-15(18)13(16)8-11-5-6-14(19-3)12(7-11)9-21-10(2)17/h5-7,13H,4,8-9,16H2,1-3H3. The van der Waals surface area contributed by atoms with Crippen molar-refractivity contribution in [2.75, 3.05) is 13.7 Å². The lowest BCUT2D eigenvalue weighted by molar-refractivity contribution is -0.144. The van der Waals surface area contributed by atoms with Crippen molar-refractivity contribution in [2.45, 2.75) is 32.9 Å². The summed E-state index contributed by atoms with van der Waals surface area (Å²) in [7, 11) is 1.54. The third-order valence-corrected chi connectivity index (χ3v) is 2.82. The number of benzene rings is 1. The van der Waals surface area contributed by atoms with Crippen LogP contribution < -0.4 is 10.5 Å². The Kier molecular flexibility index (Phi) is 6.68. The minimum absolute atomic E-state index is 0.112. The van der Waals surface area contributed by atoms with Crippen LogP contribution in [0.1, 0.15) is 25.0 Å². The molecule has 21 heavy (non-hydrogen) atoms. The van der Waals surface area contributed by atoms with E-state index in [4.69, 9.17) is 19.9 Å². The molecule has 2 N–H and O–H groups in total. The van der Waals surface area contributed by atoms with Crippen LogP contribution in [0.3, 0.4) is 0 Å². The Morgan fingerprint density at radius 2 is 2.00 bits per heavy atom. The van der Waals surface area contributed by atoms with Crippen LogP contribution in [0.2, 0.25) is 0 Å². The summed E-state index contributed by atoms with van der Waals surface area (Å²) in [5, 5.41) is 0. The maximum Gasteiger partial charge on any atom is 0.323 e. The minimum Gasteiger partial charge on any atom is -0.496 e. The van der Waals surface area contributed by atoms with Crippen LogP contribution in [0.25, 0.3) is 0 Å². The van der Waals surface area contributed by atoms with Gasteiger partial charge in [0.15, 0.2) is 0 Å². The van der Waals surface area contributed by atoms with Gasteiger partial charge in [0, 0.05) is 12.5 Å². The molecule has 116 valence electrons. The fourth-order valence-electron chi connectivity index (χ4n) is 1.84. The van der Waals surface area contributed by atoms with Gasteiger partial charge in [-0.25, -0.2) is 0 Å². The van der Waals surface area contributed by atoms with Gasteiger partial charge in [0.05, 0.1) is 13.7 Å². The van der Waals surface area contributed by atoms with E-state index in [1.165, 1.54) is 14.0 Å². The Morgan fingerprint density at radius 3 is 2.57 bits per heavy atom. The second-order valence-electron chi connectivity index (χ2n) is 4.49. The summed E-state index contributed by atoms with van der Waals surface area (Å²) in [5.74, 6) is -0.190. The number of carbonyl (C=O) groups excluding carboxylic acids is 2. The van der Waals surface area contributed by atoms with Crippen LogP contribution in [-0.4, -0.2) is 31.7 Å². The first-order valence-electron chi connectivity index (χ1n) is 6.69. The Bertz CT molecular complexity index is 501. The van der Waals surface area contributed by atoms with Gasteiger partial charge in [0.1, 0.15) is 18.4 Å². The number of ether oxygens (including phenoxy) is 3. The zero-order valence-corrected chi connectivity index (χ0v) is 12.5. The van der Waals surface area contributed by atoms with E-state index in [9.17, 15) is 9.59 Å². The Balaban J connectivity index is 2.81. The predicted molar refractivity (Wildman–Crippen MR) is 76.8 cm³/mol. The molecule has 6 nitrogen and oxygen atoms in total. The lowest BCUT2D eigenvalue weighted by Gasteiger charge is -2.13. The lowest BCUT2D eigenvalue weighted by Crippen LogP contribution is -2.34. The molecule has 0 aliphatic carbocycles. The topological polar surface area (TPSA) is 87.8 Å². The van der Waals surface area contributed by atoms with Gasteiger partial charge in [0.2, 0.25) is 0 Å². The first kappa shape index (κ1) is 17.0. The van der Waals surface area contributed by atoms with Gasteiger partial charge in [0.25, 0.3) is 0 Å². The highest BCUT2D eigenvalue weighted by Gasteiger charge is 2.16. The average Bonchev–Trinajstić information content (AvgIpc) is 2.45. The molecule has 0 radical (unpaired) electrons. The van der Waals surface area contributed by atoms with Crippen molar-refractivity contribution >= 4 is 11.9 Å². The van der Waals surface area contributed by atoms with E-state index in [0.717, 1.165) is 11.1 Å². The summed E-state index contributed by atoms with van der Waals surface area (Å²) in [4.78, 5) is 22.4. The fraction of sp³-hybridized carbons (Fsp3) is 0.467. The maximum absolute atomic E-state index is 11.5. The SMILES string of the molecule is CCOC(=O)C(N)Cc1ccc(OC)c(COC(C)=O)c1. The molecular formula is C15H21NO5. The second kappa shape index (κ2) is 8.26. The summed E-state index contributed by atoms with van der Waals surface area (Å²) in [5.41, 5.74) is 7.36. The molecule has 0 bridgehead atoms. The molecule has 0 aliphatic rings. The number of methoxy groups -OCH3 is 1. The van der Waals surface area contributed by atoms with Gasteiger partial charge < -0.3 is 19.9 Å². The van der Waals surface area contributed by atoms with E-state index in [0.29, 0.717) is 18.8 Å². The van der Waals surface area contributed by atoms with Gasteiger partial charge in [-0.1, -0.05) is 6.07 Å². The fourth-order valence-corrected chi connectivity index (χ4v) is 1.84. The van der Waals surface area contributed by atoms with Crippen molar-refractivity contribution in [3.8, 4) is 5.75 Å². The zero-order chi connectivity index (χ0) is 15.8. The Morgan fingerprint density at radius 1 is 1.29 bits per heavy atom. The van der Waals surface area contributed by atoms with Crippen molar-refractivity contribution in [1.82, 2.24) is 0 Å². The smallest absolute Gasteiger partial charge is 0.323 e. The van der Waals surface area contributed by atoms with Crippen molar-refractivity contribution in [3.63, 3.8) is 0 Å². The third kappa shape index (κ3) is 5.43. The average molecular weight is 295 g/mol. The molecule has 0 heterocycles. The number of hydrogen-bond acceptors (Lipinski definition) is 6. The van der Waals surface area contributed by atoms with Crippen LogP contribution in [0.5, 0.6) is 5.75 Å². The molecule has 1 rings (SSSR count). The first-order chi connectivity index (χ1) is 9.97. The van der Waals surface area contributed by atoms with Crippen molar-refractivity contribution in [2.24, 2.45) is 5.73 Å². The predicted octanol–water partition coefficient (Wildman–Crippen LogP) is 1.19. The zero-order valence-electron chi connectivity index (χ0n) is 12.5. The van der Waals surface area contributed by atoms with Gasteiger partial charge >= 0.3 is 11.9 Å². The summed E-state index contributed by atoms with van der Waals surface area (Å²) < 4.78 is 15.1. The second-order valence-corrected chi connectivity index (χ2v) is 4.49. The largest absolute Gasteiger partial charge is 0.496 e. The van der Waals surface area contributed by atoms with Gasteiger partial charge in [-0.3, -0.25) is 9.59 Å². The highest BCUT2D eigenvalue weighted by atomic mass is 16.5. The molecular weight excluding hydrogens is 274 g/mol. The minimum atomic E-state index is -0.722. The van der Waals surface area contributed by atoms with E-state index >= 15 is 0 Å². The molecule has 6 heteroatoms. The molecule has 1 atom stereocenters. The summed E-state index contributed by atoms with van der Waals surface area (Å²) in [6.45, 7) is 3.48. The third-order valence-electron chi connectivity index (χ3n) is 2.82. The number of esters is 2. The summed E-state index contributed by atoms with van der Waals surface area (Å²) >= 11 is 0. The van der Waals surface area contributed by atoms with Crippen LogP contribution in [0, 0.1) is 0 Å². The van der Waals surface area contributed by atoms with Crippen molar-refractivity contribution < 1.29 is 23.8 Å². The molecule has 0 saturated carbocycles. The summed E-state index contributed by atoms with van der Waals surface area (Å²) in [6.07, 6.45) is 0.343. The van der Waals surface area contributed by atoms with Gasteiger partial charge in [-0.15, -0.1) is 0 Å². The molecule has 0 spiro atoms. The molecule has 1 aromatic rings. The van der Waals surface area contributed by atoms with Crippen molar-refractivity contribution in [1.29, 1.82) is 0 Å². The first-order valence-corrected chi connectivity index (χ1v) is 6.69. The molecule has 0 amide bonds. The highest BCUT2D eigenvalue weighted by Crippen LogP contribution is 2.21. The molecule has 0 aliphatic heterocycles. The molecule has 0 fully saturated rings. The Labute approximate surface area is 124 Å². The van der Waals surface area contributed by atoms with Crippen LogP contribution in [0.15, 0.2) is 18.2 Å². The normalized spacial score (nSPS) is 11.6. The van der Waals surface area contributed by atoms with Gasteiger partial charge in [-0.05, 0) is 31.0 Å². The van der Waals surface area contributed by atoms with E-state index in [1.54, 1.807) is 19.1 Å². The van der Waals surface area contributed by atoms with Crippen LogP contribution >= 0.6 is 0 Å². The molecule has 1 aromatic carbocycles. The van der Waals surface area contributed by atoms with E-state index in [-0.39, 0.29) is 12.6 Å². The van der Waals surface area contributed by atoms with Crippen LogP contribution in [0.4, 0.5) is 0 Å². The van der Waals surface area contributed by atoms with E-state index in [2.05, 4.69) is 0 Å². The number of carbonyl (C=O) groups is 2. The lowest BCUT2D eigenvalue weighted by atomic mass is 10.0.